The molecule has 0 spiro atoms. The van der Waals surface area contributed by atoms with E-state index in [1.165, 1.54) is 0 Å². The van der Waals surface area contributed by atoms with Crippen molar-refractivity contribution in [1.82, 2.24) is 4.98 Å². The number of para-hydroxylation sites is 1. The average molecular weight is 246 g/mol. The summed E-state index contributed by atoms with van der Waals surface area (Å²) in [4.78, 5) is 4.51. The van der Waals surface area contributed by atoms with Crippen molar-refractivity contribution in [2.45, 2.75) is 19.9 Å². The molecule has 1 aromatic carbocycles. The predicted octanol–water partition coefficient (Wildman–Crippen LogP) is 2.34. The zero-order valence-corrected chi connectivity index (χ0v) is 10.9. The molecule has 96 valence electrons. The number of nitrogens with one attached hydrogen (secondary N) is 1. The number of hydrogen-bond donors (Lipinski definition) is 2. The fourth-order valence-electron chi connectivity index (χ4n) is 1.95. The first-order valence-corrected chi connectivity index (χ1v) is 5.97. The topological polar surface area (TPSA) is 54.4 Å². The van der Waals surface area contributed by atoms with Crippen LogP contribution in [0.4, 0.5) is 5.69 Å². The van der Waals surface area contributed by atoms with Crippen LogP contribution in [0.2, 0.25) is 0 Å². The normalized spacial score (nSPS) is 12.4. The smallest absolute Gasteiger partial charge is 0.145 e. The molecule has 18 heavy (non-hydrogen) atoms. The highest BCUT2D eigenvalue weighted by atomic mass is 16.5. The third-order valence-corrected chi connectivity index (χ3v) is 2.83. The van der Waals surface area contributed by atoms with Gasteiger partial charge < -0.3 is 15.2 Å². The highest BCUT2D eigenvalue weighted by molar-refractivity contribution is 5.95. The molecule has 0 aliphatic carbocycles. The van der Waals surface area contributed by atoms with Gasteiger partial charge in [0.25, 0.3) is 0 Å². The van der Waals surface area contributed by atoms with Crippen LogP contribution in [0, 0.1) is 6.92 Å². The van der Waals surface area contributed by atoms with Crippen LogP contribution in [-0.2, 0) is 0 Å². The summed E-state index contributed by atoms with van der Waals surface area (Å²) in [5.41, 5.74) is 2.73. The minimum Gasteiger partial charge on any atom is -0.494 e. The number of methoxy groups -OCH3 is 1. The van der Waals surface area contributed by atoms with E-state index in [4.69, 9.17) is 9.84 Å². The molecule has 1 atom stereocenters. The Morgan fingerprint density at radius 1 is 1.44 bits per heavy atom. The molecule has 4 heteroatoms. The maximum Gasteiger partial charge on any atom is 0.145 e. The lowest BCUT2D eigenvalue weighted by molar-refractivity contribution is 0.281. The summed E-state index contributed by atoms with van der Waals surface area (Å²) in [7, 11) is 1.64. The highest BCUT2D eigenvalue weighted by Gasteiger charge is 2.09. The molecular formula is C14H18N2O2. The maximum atomic E-state index is 9.14. The molecule has 1 aromatic heterocycles. The van der Waals surface area contributed by atoms with E-state index < -0.39 is 0 Å². The second-order valence-electron chi connectivity index (χ2n) is 4.40. The van der Waals surface area contributed by atoms with Crippen molar-refractivity contribution in [3.63, 3.8) is 0 Å². The fourth-order valence-corrected chi connectivity index (χ4v) is 1.95. The molecule has 0 bridgehead atoms. The summed E-state index contributed by atoms with van der Waals surface area (Å²) in [6, 6.07) is 7.81. The number of benzene rings is 1. The molecule has 2 aromatic rings. The van der Waals surface area contributed by atoms with E-state index in [1.54, 1.807) is 7.11 Å². The number of aromatic nitrogens is 1. The first kappa shape index (κ1) is 12.6. The van der Waals surface area contributed by atoms with Gasteiger partial charge in [0.1, 0.15) is 11.3 Å². The first-order valence-electron chi connectivity index (χ1n) is 5.97. The van der Waals surface area contributed by atoms with Crippen molar-refractivity contribution in [1.29, 1.82) is 0 Å². The second-order valence-corrected chi connectivity index (χ2v) is 4.40. The number of aliphatic hydroxyl groups is 1. The van der Waals surface area contributed by atoms with Gasteiger partial charge in [-0.1, -0.05) is 12.1 Å². The van der Waals surface area contributed by atoms with E-state index >= 15 is 0 Å². The van der Waals surface area contributed by atoms with E-state index in [9.17, 15) is 0 Å². The van der Waals surface area contributed by atoms with Crippen LogP contribution in [0.1, 0.15) is 12.6 Å². The molecule has 2 N–H and O–H groups in total. The van der Waals surface area contributed by atoms with Crippen molar-refractivity contribution in [3.8, 4) is 5.75 Å². The predicted molar refractivity (Wildman–Crippen MR) is 73.2 cm³/mol. The van der Waals surface area contributed by atoms with Crippen LogP contribution >= 0.6 is 0 Å². The Hall–Kier alpha value is -1.81. The first-order chi connectivity index (χ1) is 8.65. The minimum atomic E-state index is 0.00111. The lowest BCUT2D eigenvalue weighted by Crippen LogP contribution is -2.19. The zero-order chi connectivity index (χ0) is 13.1. The number of hydrogen-bond acceptors (Lipinski definition) is 4. The van der Waals surface area contributed by atoms with Crippen molar-refractivity contribution >= 4 is 16.6 Å². The lowest BCUT2D eigenvalue weighted by atomic mass is 10.1. The number of aryl methyl sites for hydroxylation is 1. The number of anilines is 1. The van der Waals surface area contributed by atoms with Crippen LogP contribution in [-0.4, -0.2) is 29.8 Å². The van der Waals surface area contributed by atoms with E-state index in [2.05, 4.69) is 10.3 Å². The maximum absolute atomic E-state index is 9.14. The van der Waals surface area contributed by atoms with E-state index in [1.807, 2.05) is 38.1 Å². The van der Waals surface area contributed by atoms with Crippen molar-refractivity contribution in [3.05, 3.63) is 30.0 Å². The molecule has 1 unspecified atom stereocenters. The molecule has 0 amide bonds. The monoisotopic (exact) mass is 246 g/mol. The summed E-state index contributed by atoms with van der Waals surface area (Å²) < 4.78 is 5.33. The summed E-state index contributed by atoms with van der Waals surface area (Å²) in [5.74, 6) is 0.760. The Morgan fingerprint density at radius 3 is 2.89 bits per heavy atom. The van der Waals surface area contributed by atoms with Crippen molar-refractivity contribution in [2.75, 3.05) is 19.0 Å². The number of ether oxygens (including phenoxy) is 1. The largest absolute Gasteiger partial charge is 0.494 e. The van der Waals surface area contributed by atoms with Crippen LogP contribution in [0.5, 0.6) is 5.75 Å². The third kappa shape index (κ3) is 2.38. The van der Waals surface area contributed by atoms with Crippen LogP contribution in [0.25, 0.3) is 10.9 Å². The fraction of sp³-hybridized carbons (Fsp3) is 0.357. The van der Waals surface area contributed by atoms with Gasteiger partial charge >= 0.3 is 0 Å². The summed E-state index contributed by atoms with van der Waals surface area (Å²) in [6.45, 7) is 3.97. The third-order valence-electron chi connectivity index (χ3n) is 2.83. The van der Waals surface area contributed by atoms with Gasteiger partial charge in [-0.2, -0.15) is 0 Å². The van der Waals surface area contributed by atoms with Gasteiger partial charge in [0.2, 0.25) is 0 Å². The standard InChI is InChI=1S/C14H18N2O2/c1-9-7-12(15-10(2)8-17)11-5-4-6-13(18-3)14(11)16-9/h4-7,10,17H,8H2,1-3H3,(H,15,16). The summed E-state index contributed by atoms with van der Waals surface area (Å²) >= 11 is 0. The molecular weight excluding hydrogens is 228 g/mol. The van der Waals surface area contributed by atoms with Crippen LogP contribution in [0.15, 0.2) is 24.3 Å². The number of pyridine rings is 1. The Morgan fingerprint density at radius 2 is 2.22 bits per heavy atom. The Bertz CT molecular complexity index is 555. The number of aliphatic hydroxyl groups excluding tert-OH is 1. The molecule has 0 saturated carbocycles. The quantitative estimate of drug-likeness (QED) is 0.869. The molecule has 0 fully saturated rings. The Balaban J connectivity index is 2.59. The lowest BCUT2D eigenvalue weighted by Gasteiger charge is -2.16. The summed E-state index contributed by atoms with van der Waals surface area (Å²) in [5, 5.41) is 13.4. The number of rotatable bonds is 4. The Labute approximate surface area is 107 Å². The van der Waals surface area contributed by atoms with Crippen LogP contribution < -0.4 is 10.1 Å². The van der Waals surface area contributed by atoms with E-state index in [-0.39, 0.29) is 12.6 Å². The molecule has 0 radical (unpaired) electrons. The molecule has 0 aliphatic heterocycles. The molecule has 0 aliphatic rings. The minimum absolute atomic E-state index is 0.00111. The number of nitrogens with zero attached hydrogens (tertiary/aromatic N) is 1. The van der Waals surface area contributed by atoms with Gasteiger partial charge in [-0.15, -0.1) is 0 Å². The molecule has 4 nitrogen and oxygen atoms in total. The number of fused-ring (bicyclic) bond motifs is 1. The van der Waals surface area contributed by atoms with Crippen molar-refractivity contribution in [2.24, 2.45) is 0 Å². The SMILES string of the molecule is COc1cccc2c(NC(C)CO)cc(C)nc12. The van der Waals surface area contributed by atoms with Gasteiger partial charge in [-0.25, -0.2) is 4.98 Å². The van der Waals surface area contributed by atoms with Gasteiger partial charge in [0.15, 0.2) is 0 Å². The van der Waals surface area contributed by atoms with E-state index in [0.29, 0.717) is 0 Å². The zero-order valence-electron chi connectivity index (χ0n) is 10.9. The van der Waals surface area contributed by atoms with Gasteiger partial charge in [-0.3, -0.25) is 0 Å². The van der Waals surface area contributed by atoms with Gasteiger partial charge in [0, 0.05) is 22.8 Å². The molecule has 2 rings (SSSR count). The molecule has 0 saturated heterocycles. The second kappa shape index (κ2) is 5.23. The van der Waals surface area contributed by atoms with E-state index in [0.717, 1.165) is 28.0 Å². The Kier molecular flexibility index (Phi) is 3.67. The average Bonchev–Trinajstić information content (AvgIpc) is 2.37. The summed E-state index contributed by atoms with van der Waals surface area (Å²) in [6.07, 6.45) is 0. The van der Waals surface area contributed by atoms with Crippen LogP contribution in [0.3, 0.4) is 0 Å². The van der Waals surface area contributed by atoms with Gasteiger partial charge in [-0.05, 0) is 26.0 Å². The van der Waals surface area contributed by atoms with Gasteiger partial charge in [0.05, 0.1) is 13.7 Å². The van der Waals surface area contributed by atoms with Crippen molar-refractivity contribution < 1.29 is 9.84 Å². The molecule has 1 heterocycles. The highest BCUT2D eigenvalue weighted by Crippen LogP contribution is 2.30.